The van der Waals surface area contributed by atoms with E-state index in [1.807, 2.05) is 30.2 Å². The number of amides is 1. The molecule has 1 N–H and O–H groups in total. The highest BCUT2D eigenvalue weighted by atomic mass is 32.1. The quantitative estimate of drug-likeness (QED) is 0.942. The molecular weight excluding hydrogens is 298 g/mol. The maximum atomic E-state index is 11.7. The van der Waals surface area contributed by atoms with E-state index in [1.165, 1.54) is 0 Å². The highest BCUT2D eigenvalue weighted by Gasteiger charge is 2.30. The Kier molecular flexibility index (Phi) is 4.06. The molecular formula is C15H19N5OS. The summed E-state index contributed by atoms with van der Waals surface area (Å²) in [6.07, 6.45) is 1.91. The Morgan fingerprint density at radius 3 is 2.82 bits per heavy atom. The van der Waals surface area contributed by atoms with Gasteiger partial charge in [0.2, 0.25) is 5.91 Å². The third-order valence-electron chi connectivity index (χ3n) is 3.68. The average molecular weight is 317 g/mol. The van der Waals surface area contributed by atoms with Crippen molar-refractivity contribution in [2.24, 2.45) is 0 Å². The average Bonchev–Trinajstić information content (AvgIpc) is 3.07. The summed E-state index contributed by atoms with van der Waals surface area (Å²) in [4.78, 5) is 27.1. The molecule has 0 bridgehead atoms. The number of anilines is 2. The minimum Gasteiger partial charge on any atom is -0.333 e. The zero-order valence-corrected chi connectivity index (χ0v) is 13.8. The van der Waals surface area contributed by atoms with Crippen LogP contribution in [-0.2, 0) is 4.79 Å². The van der Waals surface area contributed by atoms with E-state index < -0.39 is 0 Å². The first kappa shape index (κ1) is 14.9. The molecule has 1 fully saturated rings. The fraction of sp³-hybridized carbons (Fsp3) is 0.467. The van der Waals surface area contributed by atoms with Gasteiger partial charge < -0.3 is 10.2 Å². The summed E-state index contributed by atoms with van der Waals surface area (Å²) in [5, 5.41) is 6.03. The number of carbonyl (C=O) groups excluding carboxylic acids is 1. The van der Waals surface area contributed by atoms with Crippen LogP contribution in [0.2, 0.25) is 0 Å². The zero-order valence-electron chi connectivity index (χ0n) is 13.0. The summed E-state index contributed by atoms with van der Waals surface area (Å²) in [6.45, 7) is 6.29. The zero-order chi connectivity index (χ0) is 15.7. The fourth-order valence-corrected chi connectivity index (χ4v) is 3.43. The van der Waals surface area contributed by atoms with Crippen molar-refractivity contribution in [3.63, 3.8) is 0 Å². The molecule has 0 aromatic carbocycles. The van der Waals surface area contributed by atoms with Crippen molar-refractivity contribution in [3.8, 4) is 0 Å². The molecule has 1 aliphatic heterocycles. The predicted molar refractivity (Wildman–Crippen MR) is 86.3 cm³/mol. The van der Waals surface area contributed by atoms with Crippen molar-refractivity contribution >= 4 is 28.2 Å². The number of aryl methyl sites for hydroxylation is 2. The summed E-state index contributed by atoms with van der Waals surface area (Å²) in [5.41, 5.74) is 1.87. The first-order chi connectivity index (χ1) is 10.5. The first-order valence-electron chi connectivity index (χ1n) is 7.35. The molecule has 1 amide bonds. The topological polar surface area (TPSA) is 71.0 Å². The lowest BCUT2D eigenvalue weighted by Crippen LogP contribution is -2.29. The molecule has 6 nitrogen and oxygen atoms in total. The summed E-state index contributed by atoms with van der Waals surface area (Å²) >= 11 is 1.55. The Morgan fingerprint density at radius 1 is 1.32 bits per heavy atom. The molecule has 1 unspecified atom stereocenters. The fourth-order valence-electron chi connectivity index (χ4n) is 2.74. The van der Waals surface area contributed by atoms with Crippen molar-refractivity contribution in [3.05, 3.63) is 28.7 Å². The van der Waals surface area contributed by atoms with Crippen LogP contribution in [0, 0.1) is 13.8 Å². The van der Waals surface area contributed by atoms with Gasteiger partial charge in [-0.2, -0.15) is 0 Å². The van der Waals surface area contributed by atoms with Crippen LogP contribution >= 0.6 is 11.3 Å². The van der Waals surface area contributed by atoms with Crippen LogP contribution in [0.4, 0.5) is 10.9 Å². The molecule has 2 aromatic heterocycles. The van der Waals surface area contributed by atoms with Crippen LogP contribution in [0.1, 0.15) is 43.0 Å². The van der Waals surface area contributed by atoms with E-state index in [1.54, 1.807) is 18.3 Å². The van der Waals surface area contributed by atoms with Gasteiger partial charge in [0.05, 0.1) is 11.7 Å². The molecule has 22 heavy (non-hydrogen) atoms. The van der Waals surface area contributed by atoms with Crippen molar-refractivity contribution in [2.75, 3.05) is 11.9 Å². The van der Waals surface area contributed by atoms with Crippen molar-refractivity contribution in [1.82, 2.24) is 19.9 Å². The van der Waals surface area contributed by atoms with Gasteiger partial charge in [-0.15, -0.1) is 11.3 Å². The molecule has 1 atom stereocenters. The van der Waals surface area contributed by atoms with Crippen LogP contribution < -0.4 is 5.32 Å². The minimum absolute atomic E-state index is 0.0176. The van der Waals surface area contributed by atoms with Gasteiger partial charge in [0.25, 0.3) is 0 Å². The number of likely N-dealkylation sites (tertiary alicyclic amines) is 1. The van der Waals surface area contributed by atoms with E-state index in [9.17, 15) is 4.79 Å². The standard InChI is InChI=1S/C15H19N5OS/c1-9-7-13(19-15-17-10(2)8-22-15)18-14(16-9)12-5-4-6-20(12)11(3)21/h7-8,12H,4-6H2,1-3H3,(H,16,17,18,19). The number of aromatic nitrogens is 3. The number of carbonyl (C=O) groups is 1. The third-order valence-corrected chi connectivity index (χ3v) is 4.56. The summed E-state index contributed by atoms with van der Waals surface area (Å²) in [7, 11) is 0. The molecule has 0 aliphatic carbocycles. The summed E-state index contributed by atoms with van der Waals surface area (Å²) in [6, 6.07) is 1.88. The molecule has 1 aliphatic rings. The number of hydrogen-bond donors (Lipinski definition) is 1. The SMILES string of the molecule is CC(=O)N1CCCC1c1nc(C)cc(Nc2nc(C)cs2)n1. The first-order valence-corrected chi connectivity index (χ1v) is 8.23. The van der Waals surface area contributed by atoms with Gasteiger partial charge in [-0.3, -0.25) is 4.79 Å². The van der Waals surface area contributed by atoms with Gasteiger partial charge in [0, 0.05) is 30.6 Å². The monoisotopic (exact) mass is 317 g/mol. The van der Waals surface area contributed by atoms with E-state index in [-0.39, 0.29) is 11.9 Å². The van der Waals surface area contributed by atoms with E-state index in [0.717, 1.165) is 41.7 Å². The van der Waals surface area contributed by atoms with E-state index >= 15 is 0 Å². The number of nitrogens with one attached hydrogen (secondary N) is 1. The maximum Gasteiger partial charge on any atom is 0.220 e. The van der Waals surface area contributed by atoms with E-state index in [2.05, 4.69) is 20.3 Å². The van der Waals surface area contributed by atoms with Crippen LogP contribution in [0.25, 0.3) is 0 Å². The Morgan fingerprint density at radius 2 is 2.14 bits per heavy atom. The molecule has 2 aromatic rings. The van der Waals surface area contributed by atoms with Gasteiger partial charge in [0.15, 0.2) is 11.0 Å². The largest absolute Gasteiger partial charge is 0.333 e. The van der Waals surface area contributed by atoms with Gasteiger partial charge in [-0.05, 0) is 26.7 Å². The van der Waals surface area contributed by atoms with Crippen LogP contribution in [0.15, 0.2) is 11.4 Å². The molecule has 1 saturated heterocycles. The van der Waals surface area contributed by atoms with Gasteiger partial charge >= 0.3 is 0 Å². The van der Waals surface area contributed by atoms with E-state index in [4.69, 9.17) is 0 Å². The van der Waals surface area contributed by atoms with Crippen LogP contribution in [-0.4, -0.2) is 32.3 Å². The van der Waals surface area contributed by atoms with Gasteiger partial charge in [0.1, 0.15) is 5.82 Å². The third kappa shape index (κ3) is 3.09. The molecule has 0 spiro atoms. The van der Waals surface area contributed by atoms with Crippen molar-refractivity contribution in [1.29, 1.82) is 0 Å². The number of hydrogen-bond acceptors (Lipinski definition) is 6. The van der Waals surface area contributed by atoms with Gasteiger partial charge in [-0.1, -0.05) is 0 Å². The maximum absolute atomic E-state index is 11.7. The molecule has 3 rings (SSSR count). The van der Waals surface area contributed by atoms with Crippen molar-refractivity contribution in [2.45, 2.75) is 39.7 Å². The predicted octanol–water partition coefficient (Wildman–Crippen LogP) is 2.98. The normalized spacial score (nSPS) is 17.8. The van der Waals surface area contributed by atoms with Crippen LogP contribution in [0.3, 0.4) is 0 Å². The Bertz CT molecular complexity index is 699. The highest BCUT2D eigenvalue weighted by Crippen LogP contribution is 2.31. The number of rotatable bonds is 3. The Labute approximate surface area is 133 Å². The lowest BCUT2D eigenvalue weighted by atomic mass is 10.2. The number of thiazole rings is 1. The molecule has 0 radical (unpaired) electrons. The Hall–Kier alpha value is -2.02. The van der Waals surface area contributed by atoms with E-state index in [0.29, 0.717) is 5.82 Å². The molecule has 116 valence electrons. The second-order valence-electron chi connectivity index (χ2n) is 5.54. The lowest BCUT2D eigenvalue weighted by molar-refractivity contribution is -0.129. The summed E-state index contributed by atoms with van der Waals surface area (Å²) in [5.74, 6) is 1.52. The van der Waals surface area contributed by atoms with Gasteiger partial charge in [-0.25, -0.2) is 15.0 Å². The lowest BCUT2D eigenvalue weighted by Gasteiger charge is -2.22. The second-order valence-corrected chi connectivity index (χ2v) is 6.40. The summed E-state index contributed by atoms with van der Waals surface area (Å²) < 4.78 is 0. The second kappa shape index (κ2) is 6.00. The minimum atomic E-state index is -0.0176. The Balaban J connectivity index is 1.88. The van der Waals surface area contributed by atoms with Crippen LogP contribution in [0.5, 0.6) is 0 Å². The molecule has 7 heteroatoms. The number of nitrogens with zero attached hydrogens (tertiary/aromatic N) is 4. The van der Waals surface area contributed by atoms with Crippen molar-refractivity contribution < 1.29 is 4.79 Å². The molecule has 0 saturated carbocycles. The smallest absolute Gasteiger partial charge is 0.220 e. The molecule has 3 heterocycles. The highest BCUT2D eigenvalue weighted by molar-refractivity contribution is 7.13.